The van der Waals surface area contributed by atoms with Gasteiger partial charge in [0.2, 0.25) is 0 Å². The first-order valence-corrected chi connectivity index (χ1v) is 10.4. The molecule has 4 rings (SSSR count). The molecule has 0 saturated carbocycles. The molecule has 1 saturated heterocycles. The molecule has 0 aromatic carbocycles. The molecule has 3 aromatic heterocycles. The monoisotopic (exact) mass is 393 g/mol. The largest absolute Gasteiger partial charge is 0.379 e. The molecule has 3 aromatic rings. The second kappa shape index (κ2) is 7.21. The number of nitrogens with one attached hydrogen (secondary N) is 1. The first-order chi connectivity index (χ1) is 12.1. The highest BCUT2D eigenvalue weighted by Gasteiger charge is 2.29. The van der Waals surface area contributed by atoms with Crippen LogP contribution in [0.1, 0.15) is 34.3 Å². The summed E-state index contributed by atoms with van der Waals surface area (Å²) in [4.78, 5) is 7.02. The number of ether oxygens (including phenoxy) is 1. The Labute approximate surface area is 160 Å². The zero-order valence-corrected chi connectivity index (χ0v) is 16.3. The predicted molar refractivity (Wildman–Crippen MR) is 107 cm³/mol. The van der Waals surface area contributed by atoms with Crippen molar-refractivity contribution >= 4 is 50.2 Å². The Bertz CT molecular complexity index is 878. The molecule has 7 heteroatoms. The van der Waals surface area contributed by atoms with E-state index in [9.17, 15) is 0 Å². The van der Waals surface area contributed by atoms with E-state index in [1.807, 2.05) is 6.07 Å². The smallest absolute Gasteiger partial charge is 0.131 e. The average Bonchev–Trinajstić information content (AvgIpc) is 3.22. The van der Waals surface area contributed by atoms with Crippen LogP contribution in [0, 0.1) is 6.92 Å². The van der Waals surface area contributed by atoms with Crippen LogP contribution in [-0.2, 0) is 11.3 Å². The summed E-state index contributed by atoms with van der Waals surface area (Å²) in [5.41, 5.74) is 9.41. The summed E-state index contributed by atoms with van der Waals surface area (Å²) in [6.45, 7) is 3.63. The molecular weight excluding hydrogens is 374 g/mol. The van der Waals surface area contributed by atoms with E-state index in [1.165, 1.54) is 9.75 Å². The standard InChI is InChI=1S/C18H20ClN3OS2/c1-10-15-18(25-17(10)16-12(20)5-2-6-23-16)13(8-14(19)22-15)21-9-11-4-3-7-24-11/h3-4,7-8,12,16H,2,5-6,9,20H2,1H3,(H,21,22)/t12-,16-/m1/s1. The predicted octanol–water partition coefficient (Wildman–Crippen LogP) is 5.11. The van der Waals surface area contributed by atoms with Crippen LogP contribution in [0.4, 0.5) is 5.69 Å². The lowest BCUT2D eigenvalue weighted by molar-refractivity contribution is 0.00207. The normalized spacial score (nSPS) is 20.9. The van der Waals surface area contributed by atoms with E-state index >= 15 is 0 Å². The molecule has 1 aliphatic heterocycles. The molecule has 0 spiro atoms. The fraction of sp³-hybridized carbons (Fsp3) is 0.389. The zero-order chi connectivity index (χ0) is 17.4. The van der Waals surface area contributed by atoms with Gasteiger partial charge in [-0.3, -0.25) is 0 Å². The molecule has 4 heterocycles. The molecule has 132 valence electrons. The van der Waals surface area contributed by atoms with Crippen LogP contribution in [0.5, 0.6) is 0 Å². The Kier molecular flexibility index (Phi) is 4.97. The summed E-state index contributed by atoms with van der Waals surface area (Å²) >= 11 is 9.74. The van der Waals surface area contributed by atoms with Crippen molar-refractivity contribution in [3.8, 4) is 0 Å². The van der Waals surface area contributed by atoms with E-state index in [1.54, 1.807) is 22.7 Å². The Hall–Kier alpha value is -1.18. The Morgan fingerprint density at radius 1 is 1.48 bits per heavy atom. The molecule has 3 N–H and O–H groups in total. The number of aromatic nitrogens is 1. The van der Waals surface area contributed by atoms with E-state index < -0.39 is 0 Å². The molecule has 1 fully saturated rings. The van der Waals surface area contributed by atoms with Crippen molar-refractivity contribution in [1.82, 2.24) is 4.98 Å². The molecule has 4 nitrogen and oxygen atoms in total. The highest BCUT2D eigenvalue weighted by atomic mass is 35.5. The number of nitrogens with zero attached hydrogens (tertiary/aromatic N) is 1. The molecule has 0 bridgehead atoms. The van der Waals surface area contributed by atoms with Crippen LogP contribution in [0.15, 0.2) is 23.6 Å². The third-order valence-corrected chi connectivity index (χ3v) is 6.98. The fourth-order valence-corrected chi connectivity index (χ4v) is 5.44. The lowest BCUT2D eigenvalue weighted by atomic mass is 10.00. The molecule has 0 aliphatic carbocycles. The second-order valence-electron chi connectivity index (χ2n) is 6.29. The highest BCUT2D eigenvalue weighted by molar-refractivity contribution is 7.20. The van der Waals surface area contributed by atoms with Gasteiger partial charge < -0.3 is 15.8 Å². The van der Waals surface area contributed by atoms with Crippen molar-refractivity contribution in [3.05, 3.63) is 44.1 Å². The Morgan fingerprint density at radius 3 is 3.12 bits per heavy atom. The quantitative estimate of drug-likeness (QED) is 0.604. The van der Waals surface area contributed by atoms with Gasteiger partial charge in [-0.1, -0.05) is 17.7 Å². The van der Waals surface area contributed by atoms with Crippen LogP contribution in [0.25, 0.3) is 10.2 Å². The number of halogens is 1. The van der Waals surface area contributed by atoms with E-state index in [0.717, 1.165) is 47.5 Å². The van der Waals surface area contributed by atoms with E-state index in [2.05, 4.69) is 34.7 Å². The maximum Gasteiger partial charge on any atom is 0.131 e. The van der Waals surface area contributed by atoms with Gasteiger partial charge in [-0.25, -0.2) is 4.98 Å². The zero-order valence-electron chi connectivity index (χ0n) is 13.9. The van der Waals surface area contributed by atoms with E-state index in [0.29, 0.717) is 5.15 Å². The first-order valence-electron chi connectivity index (χ1n) is 8.36. The van der Waals surface area contributed by atoms with Gasteiger partial charge in [-0.15, -0.1) is 22.7 Å². The van der Waals surface area contributed by atoms with E-state index in [4.69, 9.17) is 22.1 Å². The summed E-state index contributed by atoms with van der Waals surface area (Å²) in [5, 5.41) is 6.10. The number of pyridine rings is 1. The van der Waals surface area contributed by atoms with Gasteiger partial charge in [-0.2, -0.15) is 0 Å². The molecule has 25 heavy (non-hydrogen) atoms. The molecule has 0 radical (unpaired) electrons. The maximum absolute atomic E-state index is 6.31. The summed E-state index contributed by atoms with van der Waals surface area (Å²) in [6, 6.07) is 6.13. The molecular formula is C18H20ClN3OS2. The van der Waals surface area contributed by atoms with Crippen LogP contribution < -0.4 is 11.1 Å². The van der Waals surface area contributed by atoms with Crippen LogP contribution in [-0.4, -0.2) is 17.6 Å². The summed E-state index contributed by atoms with van der Waals surface area (Å²) < 4.78 is 7.10. The van der Waals surface area contributed by atoms with Crippen molar-refractivity contribution in [2.24, 2.45) is 5.73 Å². The number of hydrogen-bond acceptors (Lipinski definition) is 6. The summed E-state index contributed by atoms with van der Waals surface area (Å²) in [7, 11) is 0. The first kappa shape index (κ1) is 17.2. The number of anilines is 1. The average molecular weight is 394 g/mol. The molecule has 2 atom stereocenters. The lowest BCUT2D eigenvalue weighted by Crippen LogP contribution is -2.34. The van der Waals surface area contributed by atoms with Crippen molar-refractivity contribution in [2.75, 3.05) is 11.9 Å². The SMILES string of the molecule is Cc1c([C@@H]2OCCC[C@H]2N)sc2c(NCc3cccs3)cc(Cl)nc12. The lowest BCUT2D eigenvalue weighted by Gasteiger charge is -2.28. The third-order valence-electron chi connectivity index (χ3n) is 4.54. The number of thiophene rings is 2. The van der Waals surface area contributed by atoms with Crippen LogP contribution in [0.3, 0.4) is 0 Å². The number of nitrogens with two attached hydrogens (primary N) is 1. The number of hydrogen-bond donors (Lipinski definition) is 2. The van der Waals surface area contributed by atoms with Crippen molar-refractivity contribution in [1.29, 1.82) is 0 Å². The van der Waals surface area contributed by atoms with Gasteiger partial charge >= 0.3 is 0 Å². The van der Waals surface area contributed by atoms with Crippen LogP contribution in [0.2, 0.25) is 5.15 Å². The maximum atomic E-state index is 6.31. The Morgan fingerprint density at radius 2 is 2.36 bits per heavy atom. The topological polar surface area (TPSA) is 60.2 Å². The highest BCUT2D eigenvalue weighted by Crippen LogP contribution is 2.42. The summed E-state index contributed by atoms with van der Waals surface area (Å²) in [6.07, 6.45) is 1.98. The molecule has 0 amide bonds. The number of aryl methyl sites for hydroxylation is 1. The summed E-state index contributed by atoms with van der Waals surface area (Å²) in [5.74, 6) is 0. The molecule has 1 aliphatic rings. The van der Waals surface area contributed by atoms with Crippen molar-refractivity contribution in [2.45, 2.75) is 38.5 Å². The van der Waals surface area contributed by atoms with Crippen molar-refractivity contribution in [3.63, 3.8) is 0 Å². The minimum absolute atomic E-state index is 0.0403. The third kappa shape index (κ3) is 3.41. The van der Waals surface area contributed by atoms with Gasteiger partial charge in [0, 0.05) is 35.0 Å². The Balaban J connectivity index is 1.72. The van der Waals surface area contributed by atoms with Gasteiger partial charge in [0.1, 0.15) is 11.3 Å². The fourth-order valence-electron chi connectivity index (χ4n) is 3.24. The van der Waals surface area contributed by atoms with Gasteiger partial charge in [0.15, 0.2) is 0 Å². The van der Waals surface area contributed by atoms with Gasteiger partial charge in [0.25, 0.3) is 0 Å². The second-order valence-corrected chi connectivity index (χ2v) is 8.76. The number of fused-ring (bicyclic) bond motifs is 1. The van der Waals surface area contributed by atoms with E-state index in [-0.39, 0.29) is 12.1 Å². The van der Waals surface area contributed by atoms with Crippen molar-refractivity contribution < 1.29 is 4.74 Å². The number of rotatable bonds is 4. The molecule has 0 unspecified atom stereocenters. The minimum atomic E-state index is -0.0446. The van der Waals surface area contributed by atoms with Gasteiger partial charge in [-0.05, 0) is 36.8 Å². The van der Waals surface area contributed by atoms with Gasteiger partial charge in [0.05, 0.1) is 15.9 Å². The van der Waals surface area contributed by atoms with Crippen LogP contribution >= 0.6 is 34.3 Å². The minimum Gasteiger partial charge on any atom is -0.379 e.